The summed E-state index contributed by atoms with van der Waals surface area (Å²) in [6, 6.07) is 4.76. The second kappa shape index (κ2) is 6.33. The Bertz CT molecular complexity index is 375. The quantitative estimate of drug-likeness (QED) is 0.872. The van der Waals surface area contributed by atoms with Gasteiger partial charge >= 0.3 is 0 Å². The van der Waals surface area contributed by atoms with Crippen LogP contribution in [-0.4, -0.2) is 11.5 Å². The molecule has 1 heterocycles. The highest BCUT2D eigenvalue weighted by molar-refractivity contribution is 5.18. The fourth-order valence-corrected chi connectivity index (χ4v) is 3.25. The van der Waals surface area contributed by atoms with Crippen LogP contribution >= 0.6 is 0 Å². The Balaban J connectivity index is 2.16. The predicted molar refractivity (Wildman–Crippen MR) is 76.5 cm³/mol. The highest BCUT2D eigenvalue weighted by Crippen LogP contribution is 2.36. The third kappa shape index (κ3) is 3.32. The van der Waals surface area contributed by atoms with Gasteiger partial charge < -0.3 is 5.32 Å². The Kier molecular flexibility index (Phi) is 4.76. The number of aryl methyl sites for hydroxylation is 1. The first-order valence-corrected chi connectivity index (χ1v) is 7.36. The molecule has 2 rings (SSSR count). The van der Waals surface area contributed by atoms with E-state index in [1.54, 1.807) is 0 Å². The molecule has 1 aromatic rings. The molecule has 0 radical (unpaired) electrons. The van der Waals surface area contributed by atoms with Crippen LogP contribution in [0.15, 0.2) is 18.3 Å². The van der Waals surface area contributed by atoms with Gasteiger partial charge in [-0.25, -0.2) is 0 Å². The molecular formula is C16H26N2. The van der Waals surface area contributed by atoms with Gasteiger partial charge in [0, 0.05) is 6.20 Å². The summed E-state index contributed by atoms with van der Waals surface area (Å²) < 4.78 is 0. The van der Waals surface area contributed by atoms with Gasteiger partial charge in [-0.1, -0.05) is 26.7 Å². The van der Waals surface area contributed by atoms with E-state index in [-0.39, 0.29) is 0 Å². The Labute approximate surface area is 111 Å². The molecule has 1 fully saturated rings. The number of hydrogen-bond donors (Lipinski definition) is 1. The Morgan fingerprint density at radius 3 is 2.94 bits per heavy atom. The maximum atomic E-state index is 4.60. The standard InChI is InChI=1S/C16H26N2/c1-4-17-16(14-7-5-6-12(2)10-14)15-11-13(3)8-9-18-15/h8-9,11-12,14,16-17H,4-7,10H2,1-3H3. The maximum Gasteiger partial charge on any atom is 0.0578 e. The monoisotopic (exact) mass is 246 g/mol. The molecule has 2 heteroatoms. The van der Waals surface area contributed by atoms with E-state index in [0.29, 0.717) is 6.04 Å². The normalized spacial score (nSPS) is 25.9. The van der Waals surface area contributed by atoms with Crippen LogP contribution in [0.3, 0.4) is 0 Å². The summed E-state index contributed by atoms with van der Waals surface area (Å²) in [5, 5.41) is 3.65. The van der Waals surface area contributed by atoms with Crippen LogP contribution in [0.2, 0.25) is 0 Å². The fourth-order valence-electron chi connectivity index (χ4n) is 3.25. The van der Waals surface area contributed by atoms with Crippen molar-refractivity contribution in [2.24, 2.45) is 11.8 Å². The number of hydrogen-bond acceptors (Lipinski definition) is 2. The van der Waals surface area contributed by atoms with Crippen LogP contribution in [0.25, 0.3) is 0 Å². The van der Waals surface area contributed by atoms with Gasteiger partial charge in [-0.3, -0.25) is 4.98 Å². The van der Waals surface area contributed by atoms with Crippen molar-refractivity contribution in [2.75, 3.05) is 6.54 Å². The number of nitrogens with zero attached hydrogens (tertiary/aromatic N) is 1. The molecule has 1 N–H and O–H groups in total. The Hall–Kier alpha value is -0.890. The van der Waals surface area contributed by atoms with Crippen LogP contribution in [0.1, 0.15) is 56.8 Å². The summed E-state index contributed by atoms with van der Waals surface area (Å²) in [5.41, 5.74) is 2.54. The SMILES string of the molecule is CCNC(c1cc(C)ccn1)C1CCCC(C)C1. The Morgan fingerprint density at radius 2 is 2.28 bits per heavy atom. The van der Waals surface area contributed by atoms with Gasteiger partial charge in [-0.2, -0.15) is 0 Å². The molecular weight excluding hydrogens is 220 g/mol. The van der Waals surface area contributed by atoms with Crippen LogP contribution in [0, 0.1) is 18.8 Å². The molecule has 0 spiro atoms. The summed E-state index contributed by atoms with van der Waals surface area (Å²) in [7, 11) is 0. The van der Waals surface area contributed by atoms with Gasteiger partial charge in [0.1, 0.15) is 0 Å². The van der Waals surface area contributed by atoms with Crippen LogP contribution < -0.4 is 5.32 Å². The molecule has 1 aliphatic carbocycles. The van der Waals surface area contributed by atoms with Gasteiger partial charge in [0.2, 0.25) is 0 Å². The van der Waals surface area contributed by atoms with Gasteiger partial charge in [-0.15, -0.1) is 0 Å². The molecule has 0 aromatic carbocycles. The molecule has 1 aliphatic rings. The van der Waals surface area contributed by atoms with Gasteiger partial charge in [0.15, 0.2) is 0 Å². The minimum atomic E-state index is 0.442. The highest BCUT2D eigenvalue weighted by atomic mass is 14.9. The van der Waals surface area contributed by atoms with E-state index in [2.05, 4.69) is 43.2 Å². The summed E-state index contributed by atoms with van der Waals surface area (Å²) in [4.78, 5) is 4.60. The van der Waals surface area contributed by atoms with Crippen molar-refractivity contribution in [3.8, 4) is 0 Å². The molecule has 18 heavy (non-hydrogen) atoms. The first kappa shape index (κ1) is 13.5. The van der Waals surface area contributed by atoms with Gasteiger partial charge in [-0.05, 0) is 55.8 Å². The van der Waals surface area contributed by atoms with Crippen molar-refractivity contribution in [2.45, 2.75) is 52.5 Å². The van der Waals surface area contributed by atoms with E-state index < -0.39 is 0 Å². The average Bonchev–Trinajstić information content (AvgIpc) is 2.36. The van der Waals surface area contributed by atoms with Crippen molar-refractivity contribution in [1.29, 1.82) is 0 Å². The van der Waals surface area contributed by atoms with E-state index in [9.17, 15) is 0 Å². The van der Waals surface area contributed by atoms with Crippen molar-refractivity contribution >= 4 is 0 Å². The summed E-state index contributed by atoms with van der Waals surface area (Å²) >= 11 is 0. The lowest BCUT2D eigenvalue weighted by Crippen LogP contribution is -2.31. The van der Waals surface area contributed by atoms with Crippen molar-refractivity contribution < 1.29 is 0 Å². The molecule has 2 nitrogen and oxygen atoms in total. The minimum absolute atomic E-state index is 0.442. The fraction of sp³-hybridized carbons (Fsp3) is 0.688. The van der Waals surface area contributed by atoms with Crippen molar-refractivity contribution in [3.05, 3.63) is 29.6 Å². The largest absolute Gasteiger partial charge is 0.309 e. The van der Waals surface area contributed by atoms with E-state index in [1.807, 2.05) is 6.20 Å². The highest BCUT2D eigenvalue weighted by Gasteiger charge is 2.28. The lowest BCUT2D eigenvalue weighted by molar-refractivity contribution is 0.222. The predicted octanol–water partition coefficient (Wildman–Crippen LogP) is 3.87. The summed E-state index contributed by atoms with van der Waals surface area (Å²) in [6.45, 7) is 7.75. The molecule has 1 saturated carbocycles. The second-order valence-electron chi connectivity index (χ2n) is 5.83. The third-order valence-corrected chi connectivity index (χ3v) is 4.13. The third-order valence-electron chi connectivity index (χ3n) is 4.13. The average molecular weight is 246 g/mol. The summed E-state index contributed by atoms with van der Waals surface area (Å²) in [6.07, 6.45) is 7.41. The first-order valence-electron chi connectivity index (χ1n) is 7.36. The molecule has 0 saturated heterocycles. The maximum absolute atomic E-state index is 4.60. The number of pyridine rings is 1. The zero-order valence-corrected chi connectivity index (χ0v) is 11.9. The zero-order chi connectivity index (χ0) is 13.0. The summed E-state index contributed by atoms with van der Waals surface area (Å²) in [5.74, 6) is 1.62. The number of nitrogens with one attached hydrogen (secondary N) is 1. The zero-order valence-electron chi connectivity index (χ0n) is 11.9. The van der Waals surface area contributed by atoms with Gasteiger partial charge in [0.25, 0.3) is 0 Å². The number of aromatic nitrogens is 1. The molecule has 3 atom stereocenters. The van der Waals surface area contributed by atoms with Crippen LogP contribution in [0.5, 0.6) is 0 Å². The van der Waals surface area contributed by atoms with E-state index in [0.717, 1.165) is 18.4 Å². The van der Waals surface area contributed by atoms with Crippen LogP contribution in [0.4, 0.5) is 0 Å². The number of rotatable bonds is 4. The lowest BCUT2D eigenvalue weighted by atomic mass is 9.77. The van der Waals surface area contributed by atoms with Crippen LogP contribution in [-0.2, 0) is 0 Å². The van der Waals surface area contributed by atoms with Gasteiger partial charge in [0.05, 0.1) is 11.7 Å². The molecule has 3 unspecified atom stereocenters. The first-order chi connectivity index (χ1) is 8.70. The smallest absolute Gasteiger partial charge is 0.0578 e. The molecule has 0 amide bonds. The minimum Gasteiger partial charge on any atom is -0.309 e. The second-order valence-corrected chi connectivity index (χ2v) is 5.83. The molecule has 0 aliphatic heterocycles. The van der Waals surface area contributed by atoms with Crippen molar-refractivity contribution in [1.82, 2.24) is 10.3 Å². The molecule has 1 aromatic heterocycles. The van der Waals surface area contributed by atoms with Crippen molar-refractivity contribution in [3.63, 3.8) is 0 Å². The van der Waals surface area contributed by atoms with E-state index in [1.165, 1.54) is 36.9 Å². The molecule has 100 valence electrons. The molecule has 0 bridgehead atoms. The van der Waals surface area contributed by atoms with E-state index in [4.69, 9.17) is 0 Å². The Morgan fingerprint density at radius 1 is 1.44 bits per heavy atom. The van der Waals surface area contributed by atoms with E-state index >= 15 is 0 Å². The lowest BCUT2D eigenvalue weighted by Gasteiger charge is -2.33. The topological polar surface area (TPSA) is 24.9 Å².